The van der Waals surface area contributed by atoms with Gasteiger partial charge in [0.25, 0.3) is 5.91 Å². The Morgan fingerprint density at radius 2 is 2.00 bits per heavy atom. The highest BCUT2D eigenvalue weighted by Crippen LogP contribution is 2.17. The van der Waals surface area contributed by atoms with Gasteiger partial charge < -0.3 is 14.6 Å². The molecule has 5 nitrogen and oxygen atoms in total. The minimum Gasteiger partial charge on any atom is -0.467 e. The number of nitrogens with one attached hydrogen (secondary N) is 1. The van der Waals surface area contributed by atoms with Crippen LogP contribution in [0.2, 0.25) is 0 Å². The van der Waals surface area contributed by atoms with Gasteiger partial charge >= 0.3 is 0 Å². The van der Waals surface area contributed by atoms with Crippen molar-refractivity contribution in [2.45, 2.75) is 32.2 Å². The molecule has 0 bridgehead atoms. The number of hydrogen-bond acceptors (Lipinski definition) is 4. The molecule has 3 heterocycles. The van der Waals surface area contributed by atoms with Crippen LogP contribution in [0.1, 0.15) is 41.8 Å². The van der Waals surface area contributed by atoms with E-state index in [1.54, 1.807) is 18.5 Å². The van der Waals surface area contributed by atoms with Crippen LogP contribution in [0.3, 0.4) is 0 Å². The zero-order valence-corrected chi connectivity index (χ0v) is 12.6. The summed E-state index contributed by atoms with van der Waals surface area (Å²) < 4.78 is 5.19. The maximum Gasteiger partial charge on any atom is 0.253 e. The van der Waals surface area contributed by atoms with E-state index in [0.717, 1.165) is 24.7 Å². The summed E-state index contributed by atoms with van der Waals surface area (Å²) in [7, 11) is 0. The van der Waals surface area contributed by atoms with Crippen molar-refractivity contribution in [3.8, 4) is 0 Å². The Balaban J connectivity index is 1.59. The number of furan rings is 1. The van der Waals surface area contributed by atoms with Gasteiger partial charge in [-0.3, -0.25) is 4.79 Å². The molecule has 1 aliphatic rings. The van der Waals surface area contributed by atoms with Gasteiger partial charge in [0.15, 0.2) is 0 Å². The molecule has 1 fully saturated rings. The van der Waals surface area contributed by atoms with Crippen molar-refractivity contribution in [2.24, 2.45) is 0 Å². The van der Waals surface area contributed by atoms with E-state index in [2.05, 4.69) is 15.2 Å². The highest BCUT2D eigenvalue weighted by Gasteiger charge is 2.12. The number of amides is 1. The molecule has 2 aromatic rings. The predicted molar refractivity (Wildman–Crippen MR) is 84.8 cm³/mol. The highest BCUT2D eigenvalue weighted by molar-refractivity contribution is 5.93. The summed E-state index contributed by atoms with van der Waals surface area (Å²) in [5.74, 6) is 1.57. The van der Waals surface area contributed by atoms with Gasteiger partial charge in [-0.15, -0.1) is 0 Å². The maximum absolute atomic E-state index is 12.1. The second-order valence-corrected chi connectivity index (χ2v) is 5.57. The largest absolute Gasteiger partial charge is 0.467 e. The van der Waals surface area contributed by atoms with Crippen LogP contribution in [-0.2, 0) is 6.54 Å². The first-order valence-corrected chi connectivity index (χ1v) is 7.84. The highest BCUT2D eigenvalue weighted by atomic mass is 16.3. The topological polar surface area (TPSA) is 58.4 Å². The summed E-state index contributed by atoms with van der Waals surface area (Å²) in [5, 5.41) is 2.82. The van der Waals surface area contributed by atoms with E-state index in [-0.39, 0.29) is 5.91 Å². The van der Waals surface area contributed by atoms with Crippen LogP contribution in [0.4, 0.5) is 5.82 Å². The maximum atomic E-state index is 12.1. The first-order valence-electron chi connectivity index (χ1n) is 7.84. The van der Waals surface area contributed by atoms with E-state index >= 15 is 0 Å². The van der Waals surface area contributed by atoms with Gasteiger partial charge in [-0.2, -0.15) is 0 Å². The van der Waals surface area contributed by atoms with Gasteiger partial charge in [-0.1, -0.05) is 12.8 Å². The average molecular weight is 299 g/mol. The smallest absolute Gasteiger partial charge is 0.253 e. The van der Waals surface area contributed by atoms with Gasteiger partial charge in [0.1, 0.15) is 11.6 Å². The van der Waals surface area contributed by atoms with E-state index in [0.29, 0.717) is 12.1 Å². The first kappa shape index (κ1) is 14.6. The molecule has 0 aromatic carbocycles. The summed E-state index contributed by atoms with van der Waals surface area (Å²) in [6, 6.07) is 7.41. The zero-order chi connectivity index (χ0) is 15.2. The number of pyridine rings is 1. The lowest BCUT2D eigenvalue weighted by atomic mass is 10.2. The number of carbonyl (C=O) groups is 1. The molecular weight excluding hydrogens is 278 g/mol. The Bertz CT molecular complexity index is 585. The lowest BCUT2D eigenvalue weighted by Gasteiger charge is -2.21. The van der Waals surface area contributed by atoms with Gasteiger partial charge in [-0.25, -0.2) is 4.98 Å². The van der Waals surface area contributed by atoms with Crippen LogP contribution in [0.15, 0.2) is 41.1 Å². The molecule has 5 heteroatoms. The van der Waals surface area contributed by atoms with E-state index in [9.17, 15) is 4.79 Å². The third-order valence-corrected chi connectivity index (χ3v) is 3.94. The fraction of sp³-hybridized carbons (Fsp3) is 0.412. The average Bonchev–Trinajstić information content (AvgIpc) is 2.93. The molecule has 0 saturated carbocycles. The van der Waals surface area contributed by atoms with Crippen molar-refractivity contribution >= 4 is 11.7 Å². The number of carbonyl (C=O) groups excluding carboxylic acids is 1. The van der Waals surface area contributed by atoms with Crippen LogP contribution in [-0.4, -0.2) is 24.0 Å². The van der Waals surface area contributed by atoms with E-state index < -0.39 is 0 Å². The fourth-order valence-corrected chi connectivity index (χ4v) is 2.69. The number of aromatic nitrogens is 1. The molecule has 0 spiro atoms. The minimum absolute atomic E-state index is 0.133. The van der Waals surface area contributed by atoms with E-state index in [1.165, 1.54) is 25.7 Å². The molecule has 0 radical (unpaired) electrons. The third kappa shape index (κ3) is 3.67. The first-order chi connectivity index (χ1) is 10.8. The lowest BCUT2D eigenvalue weighted by Crippen LogP contribution is -2.26. The third-order valence-electron chi connectivity index (χ3n) is 3.94. The Kier molecular flexibility index (Phi) is 4.73. The lowest BCUT2D eigenvalue weighted by molar-refractivity contribution is 0.0947. The number of hydrogen-bond donors (Lipinski definition) is 1. The van der Waals surface area contributed by atoms with Gasteiger partial charge in [-0.05, 0) is 37.1 Å². The fourth-order valence-electron chi connectivity index (χ4n) is 2.69. The summed E-state index contributed by atoms with van der Waals surface area (Å²) in [5.41, 5.74) is 0.574. The van der Waals surface area contributed by atoms with Crippen molar-refractivity contribution in [1.29, 1.82) is 0 Å². The van der Waals surface area contributed by atoms with Crippen LogP contribution in [0, 0.1) is 0 Å². The van der Waals surface area contributed by atoms with Crippen molar-refractivity contribution < 1.29 is 9.21 Å². The molecule has 3 rings (SSSR count). The molecule has 1 saturated heterocycles. The van der Waals surface area contributed by atoms with E-state index in [4.69, 9.17) is 4.42 Å². The second-order valence-electron chi connectivity index (χ2n) is 5.57. The van der Waals surface area contributed by atoms with Gasteiger partial charge in [0.2, 0.25) is 0 Å². The normalized spacial score (nSPS) is 15.4. The van der Waals surface area contributed by atoms with Crippen molar-refractivity contribution in [1.82, 2.24) is 10.3 Å². The Hall–Kier alpha value is -2.30. The zero-order valence-electron chi connectivity index (χ0n) is 12.6. The minimum atomic E-state index is -0.133. The van der Waals surface area contributed by atoms with Crippen molar-refractivity contribution in [3.63, 3.8) is 0 Å². The summed E-state index contributed by atoms with van der Waals surface area (Å²) in [4.78, 5) is 18.8. The molecule has 0 atom stereocenters. The number of rotatable bonds is 4. The molecule has 0 unspecified atom stereocenters. The molecule has 1 N–H and O–H groups in total. The SMILES string of the molecule is O=C(NCc1ccco1)c1ccc(N2CCCCCC2)nc1. The molecule has 22 heavy (non-hydrogen) atoms. The number of nitrogens with zero attached hydrogens (tertiary/aromatic N) is 2. The molecule has 1 aliphatic heterocycles. The van der Waals surface area contributed by atoms with Crippen molar-refractivity contribution in [3.05, 3.63) is 48.0 Å². The molecule has 0 aliphatic carbocycles. The standard InChI is InChI=1S/C17H21N3O2/c21-17(19-13-15-6-5-11-22-15)14-7-8-16(18-12-14)20-9-3-1-2-4-10-20/h5-8,11-12H,1-4,9-10,13H2,(H,19,21). The van der Waals surface area contributed by atoms with E-state index in [1.807, 2.05) is 18.2 Å². The summed E-state index contributed by atoms with van der Waals surface area (Å²) in [6.07, 6.45) is 8.27. The predicted octanol–water partition coefficient (Wildman–Crippen LogP) is 2.99. The molecule has 2 aromatic heterocycles. The molecule has 116 valence electrons. The summed E-state index contributed by atoms with van der Waals surface area (Å²) in [6.45, 7) is 2.49. The van der Waals surface area contributed by atoms with Crippen molar-refractivity contribution in [2.75, 3.05) is 18.0 Å². The Morgan fingerprint density at radius 1 is 1.18 bits per heavy atom. The van der Waals surface area contributed by atoms with Crippen LogP contribution < -0.4 is 10.2 Å². The molecular formula is C17H21N3O2. The van der Waals surface area contributed by atoms with Crippen LogP contribution in [0.5, 0.6) is 0 Å². The Morgan fingerprint density at radius 3 is 2.64 bits per heavy atom. The molecule has 1 amide bonds. The second kappa shape index (κ2) is 7.11. The number of anilines is 1. The monoisotopic (exact) mass is 299 g/mol. The van der Waals surface area contributed by atoms with Gasteiger partial charge in [0, 0.05) is 19.3 Å². The van der Waals surface area contributed by atoms with Crippen LogP contribution in [0.25, 0.3) is 0 Å². The quantitative estimate of drug-likeness (QED) is 0.943. The summed E-state index contributed by atoms with van der Waals surface area (Å²) >= 11 is 0. The Labute approximate surface area is 130 Å². The van der Waals surface area contributed by atoms with Gasteiger partial charge in [0.05, 0.1) is 18.4 Å². The van der Waals surface area contributed by atoms with Crippen LogP contribution >= 0.6 is 0 Å².